The van der Waals surface area contributed by atoms with E-state index < -0.39 is 11.9 Å². The van der Waals surface area contributed by atoms with Crippen LogP contribution in [0.4, 0.5) is 5.95 Å². The summed E-state index contributed by atoms with van der Waals surface area (Å²) in [5, 5.41) is 2.63. The number of carbonyl (C=O) groups excluding carboxylic acids is 1. The molecular weight excluding hydrogens is 289 g/mol. The van der Waals surface area contributed by atoms with Crippen molar-refractivity contribution in [1.82, 2.24) is 15.0 Å². The van der Waals surface area contributed by atoms with Crippen LogP contribution in [0.5, 0.6) is 0 Å². The van der Waals surface area contributed by atoms with Gasteiger partial charge in [0, 0.05) is 0 Å². The van der Waals surface area contributed by atoms with Crippen LogP contribution in [0.2, 0.25) is 10.6 Å². The number of carbonyl (C=O) groups is 1. The van der Waals surface area contributed by atoms with Gasteiger partial charge in [-0.1, -0.05) is 30.3 Å². The first-order valence-electron chi connectivity index (χ1n) is 5.24. The van der Waals surface area contributed by atoms with Crippen molar-refractivity contribution in [2.75, 3.05) is 5.32 Å². The van der Waals surface area contributed by atoms with Gasteiger partial charge in [-0.3, -0.25) is 4.79 Å². The van der Waals surface area contributed by atoms with Crippen LogP contribution in [0, 0.1) is 0 Å². The number of primary amides is 1. The number of halogens is 2. The fourth-order valence-electron chi connectivity index (χ4n) is 1.48. The summed E-state index contributed by atoms with van der Waals surface area (Å²) in [6.45, 7) is 0. The van der Waals surface area contributed by atoms with Crippen molar-refractivity contribution >= 4 is 35.1 Å². The van der Waals surface area contributed by atoms with Gasteiger partial charge in [0.2, 0.25) is 22.4 Å². The highest BCUT2D eigenvalue weighted by Gasteiger charge is 2.19. The summed E-state index contributed by atoms with van der Waals surface area (Å²) in [4.78, 5) is 22.8. The van der Waals surface area contributed by atoms with Crippen LogP contribution < -0.4 is 11.1 Å². The molecule has 0 fully saturated rings. The number of nitrogens with two attached hydrogens (primary N) is 1. The maximum absolute atomic E-state index is 11.5. The van der Waals surface area contributed by atoms with Crippen LogP contribution in [0.1, 0.15) is 11.6 Å². The van der Waals surface area contributed by atoms with E-state index in [1.54, 1.807) is 24.3 Å². The van der Waals surface area contributed by atoms with Crippen LogP contribution in [0.3, 0.4) is 0 Å². The highest BCUT2D eigenvalue weighted by atomic mass is 35.5. The first-order chi connectivity index (χ1) is 9.06. The molecule has 1 heterocycles. The van der Waals surface area contributed by atoms with E-state index in [-0.39, 0.29) is 16.5 Å². The maximum atomic E-state index is 11.5. The highest BCUT2D eigenvalue weighted by molar-refractivity contribution is 6.31. The quantitative estimate of drug-likeness (QED) is 0.898. The zero-order valence-electron chi connectivity index (χ0n) is 9.55. The van der Waals surface area contributed by atoms with Gasteiger partial charge in [0.25, 0.3) is 0 Å². The molecule has 1 aromatic heterocycles. The summed E-state index contributed by atoms with van der Waals surface area (Å²) in [6, 6.07) is 8.15. The molecule has 6 nitrogen and oxygen atoms in total. The molecule has 98 valence electrons. The Hall–Kier alpha value is -1.92. The molecule has 0 bridgehead atoms. The number of anilines is 1. The van der Waals surface area contributed by atoms with Gasteiger partial charge in [-0.2, -0.15) is 15.0 Å². The smallest absolute Gasteiger partial charge is 0.244 e. The molecule has 2 aromatic rings. The second-order valence-electron chi connectivity index (χ2n) is 3.59. The van der Waals surface area contributed by atoms with Crippen molar-refractivity contribution < 1.29 is 4.79 Å². The minimum Gasteiger partial charge on any atom is -0.368 e. The summed E-state index contributed by atoms with van der Waals surface area (Å²) >= 11 is 11.3. The Labute approximate surface area is 119 Å². The molecule has 1 amide bonds. The molecule has 0 aliphatic carbocycles. The zero-order chi connectivity index (χ0) is 13.8. The Balaban J connectivity index is 2.29. The number of amides is 1. The van der Waals surface area contributed by atoms with Crippen LogP contribution in [-0.2, 0) is 4.79 Å². The number of hydrogen-bond donors (Lipinski definition) is 2. The molecule has 0 spiro atoms. The fourth-order valence-corrected chi connectivity index (χ4v) is 1.85. The molecule has 8 heteroatoms. The van der Waals surface area contributed by atoms with E-state index in [9.17, 15) is 4.79 Å². The van der Waals surface area contributed by atoms with E-state index in [1.165, 1.54) is 0 Å². The van der Waals surface area contributed by atoms with Crippen LogP contribution >= 0.6 is 23.2 Å². The Morgan fingerprint density at radius 3 is 2.21 bits per heavy atom. The third kappa shape index (κ3) is 3.52. The lowest BCUT2D eigenvalue weighted by Crippen LogP contribution is -2.28. The van der Waals surface area contributed by atoms with Gasteiger partial charge < -0.3 is 11.1 Å². The Bertz CT molecular complexity index is 573. The van der Waals surface area contributed by atoms with Crippen LogP contribution in [0.15, 0.2) is 30.3 Å². The average molecular weight is 298 g/mol. The lowest BCUT2D eigenvalue weighted by Gasteiger charge is -2.15. The molecule has 0 radical (unpaired) electrons. The minimum absolute atomic E-state index is 0.0706. The van der Waals surface area contributed by atoms with Crippen molar-refractivity contribution in [3.05, 3.63) is 46.5 Å². The van der Waals surface area contributed by atoms with Crippen LogP contribution in [0.25, 0.3) is 0 Å². The zero-order valence-corrected chi connectivity index (χ0v) is 11.1. The van der Waals surface area contributed by atoms with E-state index in [2.05, 4.69) is 20.3 Å². The minimum atomic E-state index is -0.782. The predicted molar refractivity (Wildman–Crippen MR) is 71.8 cm³/mol. The van der Waals surface area contributed by atoms with Gasteiger partial charge in [-0.15, -0.1) is 0 Å². The second kappa shape index (κ2) is 5.81. The third-order valence-corrected chi connectivity index (χ3v) is 2.61. The molecule has 0 saturated heterocycles. The average Bonchev–Trinajstić information content (AvgIpc) is 2.35. The van der Waals surface area contributed by atoms with E-state index >= 15 is 0 Å². The second-order valence-corrected chi connectivity index (χ2v) is 4.26. The predicted octanol–water partition coefficient (Wildman–Crippen LogP) is 1.82. The highest BCUT2D eigenvalue weighted by Crippen LogP contribution is 2.18. The number of aromatic nitrogens is 3. The SMILES string of the molecule is NC(=O)C(Nc1nc(Cl)nc(Cl)n1)c1ccccc1. The topological polar surface area (TPSA) is 93.8 Å². The van der Waals surface area contributed by atoms with Crippen molar-refractivity contribution in [3.63, 3.8) is 0 Å². The monoisotopic (exact) mass is 297 g/mol. The number of rotatable bonds is 4. The summed E-state index contributed by atoms with van der Waals surface area (Å²) in [7, 11) is 0. The molecule has 0 saturated carbocycles. The fraction of sp³-hybridized carbons (Fsp3) is 0.0909. The normalized spacial score (nSPS) is 11.9. The van der Waals surface area contributed by atoms with Gasteiger partial charge in [0.05, 0.1) is 0 Å². The first-order valence-corrected chi connectivity index (χ1v) is 6.00. The van der Waals surface area contributed by atoms with E-state index in [0.29, 0.717) is 5.56 Å². The van der Waals surface area contributed by atoms with E-state index in [1.807, 2.05) is 6.07 Å². The van der Waals surface area contributed by atoms with Crippen molar-refractivity contribution in [2.24, 2.45) is 5.73 Å². The largest absolute Gasteiger partial charge is 0.368 e. The number of nitrogens with one attached hydrogen (secondary N) is 1. The number of benzene rings is 1. The Kier molecular flexibility index (Phi) is 4.13. The first kappa shape index (κ1) is 13.5. The van der Waals surface area contributed by atoms with Gasteiger partial charge in [0.1, 0.15) is 6.04 Å². The van der Waals surface area contributed by atoms with Crippen molar-refractivity contribution in [1.29, 1.82) is 0 Å². The Morgan fingerprint density at radius 1 is 1.11 bits per heavy atom. The van der Waals surface area contributed by atoms with Gasteiger partial charge in [-0.05, 0) is 28.8 Å². The van der Waals surface area contributed by atoms with Crippen molar-refractivity contribution in [3.8, 4) is 0 Å². The molecule has 1 unspecified atom stereocenters. The Morgan fingerprint density at radius 2 is 1.68 bits per heavy atom. The molecule has 0 aliphatic heterocycles. The van der Waals surface area contributed by atoms with Crippen molar-refractivity contribution in [2.45, 2.75) is 6.04 Å². The summed E-state index contributed by atoms with van der Waals surface area (Å²) in [5.41, 5.74) is 6.04. The molecule has 19 heavy (non-hydrogen) atoms. The maximum Gasteiger partial charge on any atom is 0.244 e. The summed E-state index contributed by atoms with van der Waals surface area (Å²) in [6.07, 6.45) is 0. The van der Waals surface area contributed by atoms with E-state index in [0.717, 1.165) is 0 Å². The lowest BCUT2D eigenvalue weighted by molar-refractivity contribution is -0.118. The van der Waals surface area contributed by atoms with Gasteiger partial charge in [0.15, 0.2) is 0 Å². The molecular formula is C11H9Cl2N5O. The number of hydrogen-bond acceptors (Lipinski definition) is 5. The molecule has 1 atom stereocenters. The van der Waals surface area contributed by atoms with E-state index in [4.69, 9.17) is 28.9 Å². The number of nitrogens with zero attached hydrogens (tertiary/aromatic N) is 3. The van der Waals surface area contributed by atoms with Crippen LogP contribution in [-0.4, -0.2) is 20.9 Å². The molecule has 0 aliphatic rings. The lowest BCUT2D eigenvalue weighted by atomic mass is 10.1. The molecule has 3 N–H and O–H groups in total. The van der Waals surface area contributed by atoms with Gasteiger partial charge >= 0.3 is 0 Å². The summed E-state index contributed by atoms with van der Waals surface area (Å²) in [5.74, 6) is -0.489. The third-order valence-electron chi connectivity index (χ3n) is 2.27. The standard InChI is InChI=1S/C11H9Cl2N5O/c12-9-16-10(13)18-11(17-9)15-7(8(14)19)6-4-2-1-3-5-6/h1-5,7H,(H2,14,19)(H,15,16,17,18). The van der Waals surface area contributed by atoms with Gasteiger partial charge in [-0.25, -0.2) is 0 Å². The summed E-state index contributed by atoms with van der Waals surface area (Å²) < 4.78 is 0. The molecule has 2 rings (SSSR count). The molecule has 1 aromatic carbocycles.